The summed E-state index contributed by atoms with van der Waals surface area (Å²) in [5.41, 5.74) is 0.585. The summed E-state index contributed by atoms with van der Waals surface area (Å²) < 4.78 is 66.0. The summed E-state index contributed by atoms with van der Waals surface area (Å²) in [4.78, 5) is 11.4. The van der Waals surface area contributed by atoms with E-state index in [4.69, 9.17) is 9.47 Å². The van der Waals surface area contributed by atoms with Crippen molar-refractivity contribution in [1.82, 2.24) is 0 Å². The number of methoxy groups -OCH3 is 1. The van der Waals surface area contributed by atoms with E-state index in [2.05, 4.69) is 20.7 Å². The number of ether oxygens (including phenoxy) is 3. The maximum atomic E-state index is 14.2. The highest BCUT2D eigenvalue weighted by Gasteiger charge is 2.31. The van der Waals surface area contributed by atoms with Gasteiger partial charge in [0.05, 0.1) is 17.1 Å². The Bertz CT molecular complexity index is 1130. The van der Waals surface area contributed by atoms with E-state index in [1.807, 2.05) is 0 Å². The highest BCUT2D eigenvalue weighted by atomic mass is 79.9. The molecule has 0 fully saturated rings. The van der Waals surface area contributed by atoms with E-state index in [1.54, 1.807) is 24.3 Å². The van der Waals surface area contributed by atoms with Crippen molar-refractivity contribution in [2.24, 2.45) is 0 Å². The molecule has 0 aliphatic heterocycles. The van der Waals surface area contributed by atoms with Gasteiger partial charge >= 0.3 is 12.3 Å². The molecular formula is C22H15BrF4O5. The largest absolute Gasteiger partial charge is 0.573 e. The fourth-order valence-corrected chi connectivity index (χ4v) is 3.25. The molecule has 1 N–H and O–H groups in total. The highest BCUT2D eigenvalue weighted by molar-refractivity contribution is 9.10. The zero-order valence-electron chi connectivity index (χ0n) is 16.4. The topological polar surface area (TPSA) is 65.0 Å². The zero-order chi connectivity index (χ0) is 23.5. The van der Waals surface area contributed by atoms with Crippen molar-refractivity contribution in [2.75, 3.05) is 7.11 Å². The Kier molecular flexibility index (Phi) is 6.93. The molecule has 32 heavy (non-hydrogen) atoms. The van der Waals surface area contributed by atoms with Crippen LogP contribution in [0.3, 0.4) is 0 Å². The van der Waals surface area contributed by atoms with Crippen molar-refractivity contribution in [3.05, 3.63) is 81.6 Å². The standard InChI is InChI=1S/C22H15BrF4O5/c1-30-18-11-15(32-22(25,26)27)7-9-17(18)31-14-5-2-12(3-6-14)10-13-4-8-16(23)20(24)19(13)21(28)29/h2-9,11H,10H2,1H3,(H,28,29). The predicted octanol–water partition coefficient (Wildman–Crippen LogP) is 6.58. The number of rotatable bonds is 7. The van der Waals surface area contributed by atoms with Gasteiger partial charge < -0.3 is 19.3 Å². The van der Waals surface area contributed by atoms with Crippen LogP contribution < -0.4 is 14.2 Å². The second kappa shape index (κ2) is 9.47. The summed E-state index contributed by atoms with van der Waals surface area (Å²) in [5, 5.41) is 9.32. The molecule has 0 aliphatic rings. The van der Waals surface area contributed by atoms with Crippen LogP contribution >= 0.6 is 15.9 Å². The molecule has 0 amide bonds. The number of carboxylic acids is 1. The lowest BCUT2D eigenvalue weighted by Gasteiger charge is -2.14. The first kappa shape index (κ1) is 23.4. The number of aromatic carboxylic acids is 1. The number of hydrogen-bond acceptors (Lipinski definition) is 4. The SMILES string of the molecule is COc1cc(OC(F)(F)F)ccc1Oc1ccc(Cc2ccc(Br)c(F)c2C(=O)O)cc1. The Morgan fingerprint density at radius 2 is 1.66 bits per heavy atom. The van der Waals surface area contributed by atoms with Crippen molar-refractivity contribution < 1.29 is 41.7 Å². The lowest BCUT2D eigenvalue weighted by molar-refractivity contribution is -0.274. The maximum Gasteiger partial charge on any atom is 0.573 e. The van der Waals surface area contributed by atoms with Crippen LogP contribution in [0.25, 0.3) is 0 Å². The van der Waals surface area contributed by atoms with Crippen LogP contribution in [0.4, 0.5) is 17.6 Å². The minimum atomic E-state index is -4.83. The molecule has 3 aromatic rings. The Morgan fingerprint density at radius 3 is 2.25 bits per heavy atom. The van der Waals surface area contributed by atoms with Crippen molar-refractivity contribution in [1.29, 1.82) is 0 Å². The lowest BCUT2D eigenvalue weighted by Crippen LogP contribution is -2.17. The summed E-state index contributed by atoms with van der Waals surface area (Å²) >= 11 is 2.98. The molecule has 5 nitrogen and oxygen atoms in total. The first-order valence-corrected chi connectivity index (χ1v) is 9.77. The number of benzene rings is 3. The van der Waals surface area contributed by atoms with Gasteiger partial charge in [0.15, 0.2) is 17.3 Å². The van der Waals surface area contributed by atoms with Crippen LogP contribution in [0.5, 0.6) is 23.0 Å². The normalized spacial score (nSPS) is 11.2. The third-order valence-electron chi connectivity index (χ3n) is 4.31. The smallest absolute Gasteiger partial charge is 0.493 e. The summed E-state index contributed by atoms with van der Waals surface area (Å²) in [6, 6.07) is 12.9. The van der Waals surface area contributed by atoms with E-state index < -0.39 is 29.5 Å². The molecule has 3 rings (SSSR count). The van der Waals surface area contributed by atoms with Crippen LogP contribution in [0, 0.1) is 5.82 Å². The van der Waals surface area contributed by atoms with Gasteiger partial charge in [-0.05, 0) is 63.8 Å². The van der Waals surface area contributed by atoms with Gasteiger partial charge in [-0.15, -0.1) is 13.2 Å². The minimum absolute atomic E-state index is 0.0345. The van der Waals surface area contributed by atoms with Gasteiger partial charge in [0, 0.05) is 6.07 Å². The molecule has 0 heterocycles. The molecule has 3 aromatic carbocycles. The van der Waals surface area contributed by atoms with Gasteiger partial charge in [-0.1, -0.05) is 18.2 Å². The first-order valence-electron chi connectivity index (χ1n) is 8.98. The maximum absolute atomic E-state index is 14.2. The van der Waals surface area contributed by atoms with E-state index >= 15 is 0 Å². The lowest BCUT2D eigenvalue weighted by atomic mass is 9.99. The molecular weight excluding hydrogens is 500 g/mol. The van der Waals surface area contributed by atoms with Gasteiger partial charge in [-0.25, -0.2) is 9.18 Å². The Labute approximate surface area is 188 Å². The summed E-state index contributed by atoms with van der Waals surface area (Å²) in [6.45, 7) is 0. The molecule has 168 valence electrons. The second-order valence-electron chi connectivity index (χ2n) is 6.48. The van der Waals surface area contributed by atoms with Crippen LogP contribution in [0.15, 0.2) is 59.1 Å². The van der Waals surface area contributed by atoms with Gasteiger partial charge in [0.1, 0.15) is 11.5 Å². The van der Waals surface area contributed by atoms with E-state index in [-0.39, 0.29) is 22.4 Å². The number of halogens is 5. The predicted molar refractivity (Wildman–Crippen MR) is 110 cm³/mol. The molecule has 0 atom stereocenters. The third-order valence-corrected chi connectivity index (χ3v) is 4.92. The number of hydrogen-bond donors (Lipinski definition) is 1. The van der Waals surface area contributed by atoms with Gasteiger partial charge in [0.25, 0.3) is 0 Å². The van der Waals surface area contributed by atoms with Crippen molar-refractivity contribution in [2.45, 2.75) is 12.8 Å². The van der Waals surface area contributed by atoms with Crippen LogP contribution in [0.2, 0.25) is 0 Å². The zero-order valence-corrected chi connectivity index (χ0v) is 18.0. The molecule has 10 heteroatoms. The van der Waals surface area contributed by atoms with Gasteiger partial charge in [-0.3, -0.25) is 0 Å². The number of carbonyl (C=O) groups is 1. The first-order chi connectivity index (χ1) is 15.1. The molecule has 0 bridgehead atoms. The Balaban J connectivity index is 1.77. The fourth-order valence-electron chi connectivity index (χ4n) is 2.92. The molecule has 0 radical (unpaired) electrons. The molecule has 0 aromatic heterocycles. The van der Waals surface area contributed by atoms with Crippen LogP contribution in [0.1, 0.15) is 21.5 Å². The Hall–Kier alpha value is -3.27. The molecule has 0 saturated heterocycles. The number of alkyl halides is 3. The average molecular weight is 515 g/mol. The Morgan fingerprint density at radius 1 is 1.00 bits per heavy atom. The number of carboxylic acid groups (broad SMARTS) is 1. The minimum Gasteiger partial charge on any atom is -0.493 e. The molecule has 0 aliphatic carbocycles. The van der Waals surface area contributed by atoms with Crippen molar-refractivity contribution in [3.63, 3.8) is 0 Å². The van der Waals surface area contributed by atoms with Gasteiger partial charge in [-0.2, -0.15) is 0 Å². The van der Waals surface area contributed by atoms with E-state index in [1.165, 1.54) is 25.3 Å². The summed E-state index contributed by atoms with van der Waals surface area (Å²) in [5.74, 6) is -2.11. The fraction of sp³-hybridized carbons (Fsp3) is 0.136. The van der Waals surface area contributed by atoms with E-state index in [9.17, 15) is 27.5 Å². The van der Waals surface area contributed by atoms with Crippen molar-refractivity contribution in [3.8, 4) is 23.0 Å². The summed E-state index contributed by atoms with van der Waals surface area (Å²) in [6.07, 6.45) is -4.67. The highest BCUT2D eigenvalue weighted by Crippen LogP contribution is 2.36. The molecule has 0 unspecified atom stereocenters. The molecule has 0 saturated carbocycles. The van der Waals surface area contributed by atoms with E-state index in [0.717, 1.165) is 12.1 Å². The van der Waals surface area contributed by atoms with Crippen LogP contribution in [-0.4, -0.2) is 24.5 Å². The van der Waals surface area contributed by atoms with E-state index in [0.29, 0.717) is 16.9 Å². The second-order valence-corrected chi connectivity index (χ2v) is 7.34. The average Bonchev–Trinajstić information content (AvgIpc) is 2.72. The summed E-state index contributed by atoms with van der Waals surface area (Å²) in [7, 11) is 1.28. The third kappa shape index (κ3) is 5.70. The molecule has 0 spiro atoms. The van der Waals surface area contributed by atoms with Crippen LogP contribution in [-0.2, 0) is 6.42 Å². The quantitative estimate of drug-likeness (QED) is 0.361. The monoisotopic (exact) mass is 514 g/mol. The van der Waals surface area contributed by atoms with Gasteiger partial charge in [0.2, 0.25) is 0 Å². The van der Waals surface area contributed by atoms with Crippen molar-refractivity contribution >= 4 is 21.9 Å².